The zero-order valence-corrected chi connectivity index (χ0v) is 20.7. The van der Waals surface area contributed by atoms with E-state index in [2.05, 4.69) is 55.8 Å². The average molecular weight is 633 g/mol. The van der Waals surface area contributed by atoms with Crippen LogP contribution in [0.3, 0.4) is 0 Å². The maximum Gasteiger partial charge on any atom is 0.270 e. The van der Waals surface area contributed by atoms with Gasteiger partial charge in [-0.15, -0.1) is 0 Å². The minimum atomic E-state index is -0.514. The summed E-state index contributed by atoms with van der Waals surface area (Å²) in [7, 11) is 1.85. The van der Waals surface area contributed by atoms with Crippen LogP contribution >= 0.6 is 57.4 Å². The second-order valence-corrected chi connectivity index (χ2v) is 8.71. The second-order valence-electron chi connectivity index (χ2n) is 6.00. The Morgan fingerprint density at radius 3 is 2.52 bits per heavy atom. The third-order valence-electron chi connectivity index (χ3n) is 4.11. The van der Waals surface area contributed by atoms with Gasteiger partial charge in [-0.25, -0.2) is 0 Å². The third kappa shape index (κ3) is 4.72. The maximum absolute atomic E-state index is 13.2. The molecular formula is C20H17I2N3O3S. The molecule has 0 unspecified atom stereocenters. The van der Waals surface area contributed by atoms with Gasteiger partial charge in [-0.3, -0.25) is 19.8 Å². The first-order chi connectivity index (χ1) is 13.8. The van der Waals surface area contributed by atoms with E-state index in [4.69, 9.17) is 17.0 Å². The molecule has 1 saturated heterocycles. The molecule has 150 valence electrons. The summed E-state index contributed by atoms with van der Waals surface area (Å²) < 4.78 is 7.49. The minimum absolute atomic E-state index is 0.0178. The highest BCUT2D eigenvalue weighted by Gasteiger charge is 2.34. The fraction of sp³-hybridized carbons (Fsp3) is 0.150. The standard InChI is InChI=1S/C20H17I2N3O3S/c1-3-28-13-6-4-5-12(10-13)25-19(27)14(18(26)24-20(25)29)7-11-8-15(21)17(23-2)16(22)9-11/h4-10,23H,3H2,1-2H3,(H,24,26,29)/b14-7+. The third-order valence-corrected chi connectivity index (χ3v) is 6.10. The van der Waals surface area contributed by atoms with Gasteiger partial charge in [-0.2, -0.15) is 0 Å². The molecule has 1 fully saturated rings. The molecule has 2 amide bonds. The Morgan fingerprint density at radius 2 is 1.90 bits per heavy atom. The second kappa shape index (κ2) is 9.39. The van der Waals surface area contributed by atoms with Crippen molar-refractivity contribution in [3.63, 3.8) is 0 Å². The lowest BCUT2D eigenvalue weighted by molar-refractivity contribution is -0.122. The monoisotopic (exact) mass is 633 g/mol. The molecule has 6 nitrogen and oxygen atoms in total. The average Bonchev–Trinajstić information content (AvgIpc) is 2.65. The van der Waals surface area contributed by atoms with Crippen LogP contribution in [0.4, 0.5) is 11.4 Å². The smallest absolute Gasteiger partial charge is 0.270 e. The zero-order valence-electron chi connectivity index (χ0n) is 15.6. The summed E-state index contributed by atoms with van der Waals surface area (Å²) in [5.74, 6) is -0.371. The summed E-state index contributed by atoms with van der Waals surface area (Å²) in [6.07, 6.45) is 1.59. The van der Waals surface area contributed by atoms with Crippen LogP contribution in [0.15, 0.2) is 42.0 Å². The van der Waals surface area contributed by atoms with Crippen molar-refractivity contribution in [2.45, 2.75) is 6.92 Å². The van der Waals surface area contributed by atoms with Crippen molar-refractivity contribution in [3.8, 4) is 5.75 Å². The Bertz CT molecular complexity index is 1020. The van der Waals surface area contributed by atoms with E-state index < -0.39 is 11.8 Å². The normalized spacial score (nSPS) is 15.5. The fourth-order valence-electron chi connectivity index (χ4n) is 2.85. The van der Waals surface area contributed by atoms with Crippen molar-refractivity contribution < 1.29 is 14.3 Å². The lowest BCUT2D eigenvalue weighted by atomic mass is 10.1. The Labute approximate surface area is 201 Å². The number of halogens is 2. The summed E-state index contributed by atoms with van der Waals surface area (Å²) in [5.41, 5.74) is 2.31. The molecule has 0 radical (unpaired) electrons. The number of benzene rings is 2. The molecule has 2 aromatic carbocycles. The molecule has 1 heterocycles. The maximum atomic E-state index is 13.2. The molecule has 9 heteroatoms. The van der Waals surface area contributed by atoms with Crippen LogP contribution in [-0.2, 0) is 9.59 Å². The predicted molar refractivity (Wildman–Crippen MR) is 135 cm³/mol. The van der Waals surface area contributed by atoms with E-state index in [1.54, 1.807) is 30.3 Å². The number of anilines is 2. The highest BCUT2D eigenvalue weighted by atomic mass is 127. The van der Waals surface area contributed by atoms with Crippen LogP contribution in [0.5, 0.6) is 5.75 Å². The van der Waals surface area contributed by atoms with Gasteiger partial charge in [-0.1, -0.05) is 6.07 Å². The highest BCUT2D eigenvalue weighted by molar-refractivity contribution is 14.1. The van der Waals surface area contributed by atoms with Gasteiger partial charge in [0.2, 0.25) is 0 Å². The Hall–Kier alpha value is -1.73. The van der Waals surface area contributed by atoms with Crippen molar-refractivity contribution >= 4 is 91.8 Å². The number of ether oxygens (including phenoxy) is 1. The number of hydrogen-bond donors (Lipinski definition) is 2. The van der Waals surface area contributed by atoms with Crippen LogP contribution in [0.1, 0.15) is 12.5 Å². The number of rotatable bonds is 5. The molecule has 0 atom stereocenters. The van der Waals surface area contributed by atoms with Crippen LogP contribution in [0.25, 0.3) is 6.08 Å². The predicted octanol–water partition coefficient (Wildman–Crippen LogP) is 4.17. The van der Waals surface area contributed by atoms with Crippen molar-refractivity contribution in [3.05, 3.63) is 54.7 Å². The number of hydrogen-bond acceptors (Lipinski definition) is 5. The van der Waals surface area contributed by atoms with Crippen LogP contribution < -0.4 is 20.3 Å². The van der Waals surface area contributed by atoms with E-state index in [1.807, 2.05) is 26.1 Å². The Balaban J connectivity index is 2.01. The van der Waals surface area contributed by atoms with Crippen molar-refractivity contribution in [2.75, 3.05) is 23.9 Å². The summed E-state index contributed by atoms with van der Waals surface area (Å²) >= 11 is 9.69. The first-order valence-electron chi connectivity index (χ1n) is 8.66. The number of thiocarbonyl (C=S) groups is 1. The molecule has 1 aliphatic rings. The van der Waals surface area contributed by atoms with Gasteiger partial charge in [0.25, 0.3) is 11.8 Å². The zero-order chi connectivity index (χ0) is 21.1. The van der Waals surface area contributed by atoms with Gasteiger partial charge in [0, 0.05) is 20.3 Å². The number of nitrogens with zero attached hydrogens (tertiary/aromatic N) is 1. The summed E-state index contributed by atoms with van der Waals surface area (Å²) in [6, 6.07) is 10.9. The van der Waals surface area contributed by atoms with Gasteiger partial charge < -0.3 is 10.1 Å². The molecule has 0 aromatic heterocycles. The van der Waals surface area contributed by atoms with Crippen molar-refractivity contribution in [1.29, 1.82) is 0 Å². The molecular weight excluding hydrogens is 616 g/mol. The SMILES string of the molecule is CCOc1cccc(N2C(=O)/C(=C/c3cc(I)c(NC)c(I)c3)C(=O)NC2=S)c1. The molecule has 29 heavy (non-hydrogen) atoms. The summed E-state index contributed by atoms with van der Waals surface area (Å²) in [5, 5.41) is 5.79. The minimum Gasteiger partial charge on any atom is -0.494 e. The quantitative estimate of drug-likeness (QED) is 0.224. The van der Waals surface area contributed by atoms with Crippen LogP contribution in [-0.4, -0.2) is 30.6 Å². The van der Waals surface area contributed by atoms with Crippen molar-refractivity contribution in [1.82, 2.24) is 5.32 Å². The molecule has 0 aliphatic carbocycles. The number of amides is 2. The molecule has 3 rings (SSSR count). The van der Waals surface area contributed by atoms with Gasteiger partial charge in [-0.05, 0) is 100 Å². The van der Waals surface area contributed by atoms with E-state index in [1.165, 1.54) is 4.90 Å². The highest BCUT2D eigenvalue weighted by Crippen LogP contribution is 2.29. The lowest BCUT2D eigenvalue weighted by Crippen LogP contribution is -2.54. The Kier molecular flexibility index (Phi) is 7.11. The van der Waals surface area contributed by atoms with Gasteiger partial charge >= 0.3 is 0 Å². The van der Waals surface area contributed by atoms with Gasteiger partial charge in [0.05, 0.1) is 18.0 Å². The van der Waals surface area contributed by atoms with Crippen LogP contribution in [0, 0.1) is 7.14 Å². The van der Waals surface area contributed by atoms with Crippen LogP contribution in [0.2, 0.25) is 0 Å². The molecule has 0 bridgehead atoms. The van der Waals surface area contributed by atoms with E-state index in [0.717, 1.165) is 18.4 Å². The molecule has 0 spiro atoms. The first kappa shape index (κ1) is 22.0. The van der Waals surface area contributed by atoms with Gasteiger partial charge in [0.15, 0.2) is 5.11 Å². The van der Waals surface area contributed by atoms with E-state index >= 15 is 0 Å². The lowest BCUT2D eigenvalue weighted by Gasteiger charge is -2.29. The number of carbonyl (C=O) groups is 2. The topological polar surface area (TPSA) is 70.7 Å². The number of nitrogens with one attached hydrogen (secondary N) is 2. The summed E-state index contributed by atoms with van der Waals surface area (Å²) in [6.45, 7) is 2.39. The van der Waals surface area contributed by atoms with Crippen molar-refractivity contribution in [2.24, 2.45) is 0 Å². The molecule has 2 aromatic rings. The molecule has 2 N–H and O–H groups in total. The Morgan fingerprint density at radius 1 is 1.21 bits per heavy atom. The largest absolute Gasteiger partial charge is 0.494 e. The van der Waals surface area contributed by atoms with E-state index in [9.17, 15) is 9.59 Å². The summed E-state index contributed by atoms with van der Waals surface area (Å²) in [4.78, 5) is 27.0. The fourth-order valence-corrected chi connectivity index (χ4v) is 5.49. The van der Waals surface area contributed by atoms with Gasteiger partial charge in [0.1, 0.15) is 11.3 Å². The van der Waals surface area contributed by atoms with E-state index in [0.29, 0.717) is 18.0 Å². The molecule has 0 saturated carbocycles. The molecule has 1 aliphatic heterocycles. The first-order valence-corrected chi connectivity index (χ1v) is 11.2. The van der Waals surface area contributed by atoms with E-state index in [-0.39, 0.29) is 10.7 Å². The number of carbonyl (C=O) groups excluding carboxylic acids is 2.